The molecule has 0 aliphatic heterocycles. The molecule has 0 fully saturated rings. The van der Waals surface area contributed by atoms with E-state index >= 15 is 0 Å². The molecule has 20 heavy (non-hydrogen) atoms. The Hall–Kier alpha value is -2.27. The lowest BCUT2D eigenvalue weighted by molar-refractivity contribution is 0.626. The summed E-state index contributed by atoms with van der Waals surface area (Å²) in [4.78, 5) is 0. The fourth-order valence-electron chi connectivity index (χ4n) is 1.53. The predicted octanol–water partition coefficient (Wildman–Crippen LogP) is 2.82. The van der Waals surface area contributed by atoms with Crippen molar-refractivity contribution < 1.29 is 4.39 Å². The highest BCUT2D eigenvalue weighted by Crippen LogP contribution is 2.01. The van der Waals surface area contributed by atoms with Crippen molar-refractivity contribution in [1.29, 1.82) is 0 Å². The maximum atomic E-state index is 12.7. The smallest absolute Gasteiger partial charge is 0.187 e. The predicted molar refractivity (Wildman–Crippen MR) is 83.0 cm³/mol. The van der Waals surface area contributed by atoms with E-state index in [-0.39, 0.29) is 5.82 Å². The quantitative estimate of drug-likeness (QED) is 0.516. The Morgan fingerprint density at radius 2 is 1.80 bits per heavy atom. The van der Waals surface area contributed by atoms with Gasteiger partial charge in [0.15, 0.2) is 5.11 Å². The minimum absolute atomic E-state index is 0.248. The summed E-state index contributed by atoms with van der Waals surface area (Å²) in [6.07, 6.45) is 1.69. The lowest BCUT2D eigenvalue weighted by Crippen LogP contribution is -2.31. The first kappa shape index (κ1) is 14.1. The van der Waals surface area contributed by atoms with E-state index in [0.29, 0.717) is 11.7 Å². The minimum atomic E-state index is -0.248. The van der Waals surface area contributed by atoms with E-state index in [2.05, 4.69) is 15.8 Å². The van der Waals surface area contributed by atoms with Gasteiger partial charge in [-0.3, -0.25) is 5.43 Å². The van der Waals surface area contributed by atoms with Crippen molar-refractivity contribution in [3.05, 3.63) is 71.5 Å². The zero-order chi connectivity index (χ0) is 14.2. The Morgan fingerprint density at radius 1 is 1.10 bits per heavy atom. The minimum Gasteiger partial charge on any atom is -0.357 e. The largest absolute Gasteiger partial charge is 0.357 e. The lowest BCUT2D eigenvalue weighted by Gasteiger charge is -2.06. The SMILES string of the molecule is Fc1ccc(CNC(=S)N/N=C\c2ccccc2)cc1. The van der Waals surface area contributed by atoms with Crippen molar-refractivity contribution in [3.8, 4) is 0 Å². The van der Waals surface area contributed by atoms with Gasteiger partial charge in [0, 0.05) is 6.54 Å². The van der Waals surface area contributed by atoms with Gasteiger partial charge in [-0.1, -0.05) is 42.5 Å². The fraction of sp³-hybridized carbons (Fsp3) is 0.0667. The van der Waals surface area contributed by atoms with E-state index in [0.717, 1.165) is 11.1 Å². The van der Waals surface area contributed by atoms with Crippen molar-refractivity contribution in [1.82, 2.24) is 10.7 Å². The number of rotatable bonds is 4. The highest BCUT2D eigenvalue weighted by Gasteiger charge is 1.96. The number of nitrogens with zero attached hydrogens (tertiary/aromatic N) is 1. The molecule has 0 unspecified atom stereocenters. The first-order valence-electron chi connectivity index (χ1n) is 6.10. The molecule has 0 aromatic heterocycles. The summed E-state index contributed by atoms with van der Waals surface area (Å²) in [5.74, 6) is -0.248. The molecule has 0 aliphatic rings. The van der Waals surface area contributed by atoms with Crippen molar-refractivity contribution >= 4 is 23.5 Å². The third-order valence-corrected chi connectivity index (χ3v) is 2.78. The summed E-state index contributed by atoms with van der Waals surface area (Å²) in [6, 6.07) is 16.0. The zero-order valence-electron chi connectivity index (χ0n) is 10.7. The van der Waals surface area contributed by atoms with Crippen LogP contribution in [0.2, 0.25) is 0 Å². The number of hydrogen-bond donors (Lipinski definition) is 2. The highest BCUT2D eigenvalue weighted by atomic mass is 32.1. The molecule has 2 N–H and O–H groups in total. The van der Waals surface area contributed by atoms with E-state index in [4.69, 9.17) is 12.2 Å². The van der Waals surface area contributed by atoms with Crippen molar-refractivity contribution in [3.63, 3.8) is 0 Å². The maximum absolute atomic E-state index is 12.7. The van der Waals surface area contributed by atoms with Gasteiger partial charge in [0.1, 0.15) is 5.82 Å². The average Bonchev–Trinajstić information content (AvgIpc) is 2.48. The van der Waals surface area contributed by atoms with E-state index < -0.39 is 0 Å². The second-order valence-corrected chi connectivity index (χ2v) is 4.50. The van der Waals surface area contributed by atoms with Crippen LogP contribution in [0.4, 0.5) is 4.39 Å². The average molecular weight is 287 g/mol. The molecular formula is C15H14FN3S. The fourth-order valence-corrected chi connectivity index (χ4v) is 1.65. The number of nitrogens with one attached hydrogen (secondary N) is 2. The summed E-state index contributed by atoms with van der Waals surface area (Å²) >= 11 is 5.08. The van der Waals surface area contributed by atoms with Gasteiger partial charge >= 0.3 is 0 Å². The van der Waals surface area contributed by atoms with Crippen LogP contribution in [0.25, 0.3) is 0 Å². The number of hydrazone groups is 1. The maximum Gasteiger partial charge on any atom is 0.187 e. The lowest BCUT2D eigenvalue weighted by atomic mass is 10.2. The third kappa shape index (κ3) is 4.78. The van der Waals surface area contributed by atoms with Gasteiger partial charge in [-0.15, -0.1) is 0 Å². The first-order valence-corrected chi connectivity index (χ1v) is 6.51. The van der Waals surface area contributed by atoms with Gasteiger partial charge in [0.05, 0.1) is 6.21 Å². The zero-order valence-corrected chi connectivity index (χ0v) is 11.5. The Kier molecular flexibility index (Phi) is 5.20. The van der Waals surface area contributed by atoms with Crippen LogP contribution in [0.3, 0.4) is 0 Å². The van der Waals surface area contributed by atoms with Gasteiger partial charge < -0.3 is 5.32 Å². The van der Waals surface area contributed by atoms with Gasteiger partial charge in [0.25, 0.3) is 0 Å². The van der Waals surface area contributed by atoms with Gasteiger partial charge in [0.2, 0.25) is 0 Å². The number of thiocarbonyl (C=S) groups is 1. The molecule has 3 nitrogen and oxygen atoms in total. The second-order valence-electron chi connectivity index (χ2n) is 4.09. The number of benzene rings is 2. The molecule has 0 heterocycles. The molecular weight excluding hydrogens is 273 g/mol. The van der Waals surface area contributed by atoms with Crippen molar-refractivity contribution in [2.75, 3.05) is 0 Å². The van der Waals surface area contributed by atoms with Crippen molar-refractivity contribution in [2.45, 2.75) is 6.54 Å². The molecule has 0 saturated heterocycles. The number of hydrogen-bond acceptors (Lipinski definition) is 2. The summed E-state index contributed by atoms with van der Waals surface area (Å²) in [5, 5.41) is 7.44. The van der Waals surface area contributed by atoms with Crippen LogP contribution in [0.15, 0.2) is 59.7 Å². The van der Waals surface area contributed by atoms with Crippen LogP contribution in [0.1, 0.15) is 11.1 Å². The van der Waals surface area contributed by atoms with Gasteiger partial charge in [-0.05, 0) is 35.5 Å². The van der Waals surface area contributed by atoms with Crippen LogP contribution < -0.4 is 10.7 Å². The Morgan fingerprint density at radius 3 is 2.50 bits per heavy atom. The van der Waals surface area contributed by atoms with Crippen LogP contribution >= 0.6 is 12.2 Å². The Bertz CT molecular complexity index is 582. The summed E-state index contributed by atoms with van der Waals surface area (Å²) < 4.78 is 12.7. The Labute approximate surface area is 122 Å². The van der Waals surface area contributed by atoms with E-state index in [9.17, 15) is 4.39 Å². The molecule has 2 aromatic carbocycles. The van der Waals surface area contributed by atoms with Crippen LogP contribution in [-0.4, -0.2) is 11.3 Å². The third-order valence-electron chi connectivity index (χ3n) is 2.55. The molecule has 0 atom stereocenters. The molecule has 102 valence electrons. The summed E-state index contributed by atoms with van der Waals surface area (Å²) in [7, 11) is 0. The van der Waals surface area contributed by atoms with Crippen LogP contribution in [0, 0.1) is 5.82 Å². The standard InChI is InChI=1S/C15H14FN3S/c16-14-8-6-13(7-9-14)10-17-15(20)19-18-11-12-4-2-1-3-5-12/h1-9,11H,10H2,(H2,17,19,20)/b18-11-. The molecule has 0 aliphatic carbocycles. The molecule has 0 bridgehead atoms. The van der Waals surface area contributed by atoms with E-state index in [1.54, 1.807) is 18.3 Å². The van der Waals surface area contributed by atoms with Gasteiger partial charge in [-0.2, -0.15) is 5.10 Å². The Balaban J connectivity index is 1.76. The molecule has 2 aromatic rings. The number of halogens is 1. The first-order chi connectivity index (χ1) is 9.74. The topological polar surface area (TPSA) is 36.4 Å². The molecule has 0 radical (unpaired) electrons. The van der Waals surface area contributed by atoms with Crippen LogP contribution in [-0.2, 0) is 6.54 Å². The molecule has 0 spiro atoms. The highest BCUT2D eigenvalue weighted by molar-refractivity contribution is 7.80. The van der Waals surface area contributed by atoms with Crippen molar-refractivity contribution in [2.24, 2.45) is 5.10 Å². The summed E-state index contributed by atoms with van der Waals surface area (Å²) in [6.45, 7) is 0.521. The molecule has 0 saturated carbocycles. The van der Waals surface area contributed by atoms with Crippen LogP contribution in [0.5, 0.6) is 0 Å². The van der Waals surface area contributed by atoms with Gasteiger partial charge in [-0.25, -0.2) is 4.39 Å². The van der Waals surface area contributed by atoms with E-state index in [1.807, 2.05) is 30.3 Å². The van der Waals surface area contributed by atoms with E-state index in [1.165, 1.54) is 12.1 Å². The summed E-state index contributed by atoms with van der Waals surface area (Å²) in [5.41, 5.74) is 4.66. The molecule has 2 rings (SSSR count). The normalized spacial score (nSPS) is 10.4. The molecule has 5 heteroatoms. The molecule has 0 amide bonds. The second kappa shape index (κ2) is 7.35. The monoisotopic (exact) mass is 287 g/mol.